The Hall–Kier alpha value is -1.46. The van der Waals surface area contributed by atoms with Crippen LogP contribution in [0.25, 0.3) is 0 Å². The summed E-state index contributed by atoms with van der Waals surface area (Å²) in [6.45, 7) is 1.26. The van der Waals surface area contributed by atoms with Crippen LogP contribution < -0.4 is 0 Å². The molecule has 1 heterocycles. The van der Waals surface area contributed by atoms with Crippen LogP contribution in [-0.2, 0) is 16.0 Å². The number of aliphatic hydroxyl groups excluding tert-OH is 1. The Balaban J connectivity index is 1.69. The van der Waals surface area contributed by atoms with Crippen LogP contribution in [0.15, 0.2) is 24.3 Å². The number of morpholine rings is 1. The van der Waals surface area contributed by atoms with E-state index in [1.54, 1.807) is 12.1 Å². The fraction of sp³-hybridized carbons (Fsp3) is 0.632. The van der Waals surface area contributed by atoms with E-state index in [9.17, 15) is 14.3 Å². The van der Waals surface area contributed by atoms with Gasteiger partial charge in [0.2, 0.25) is 5.91 Å². The highest BCUT2D eigenvalue weighted by Gasteiger charge is 2.39. The zero-order chi connectivity index (χ0) is 17.0. The highest BCUT2D eigenvalue weighted by atomic mass is 19.1. The van der Waals surface area contributed by atoms with Gasteiger partial charge in [0.05, 0.1) is 19.8 Å². The maximum atomic E-state index is 13.1. The van der Waals surface area contributed by atoms with Crippen molar-refractivity contribution in [1.29, 1.82) is 0 Å². The van der Waals surface area contributed by atoms with Crippen LogP contribution >= 0.6 is 0 Å². The summed E-state index contributed by atoms with van der Waals surface area (Å²) in [5.41, 5.74) is 0.109. The van der Waals surface area contributed by atoms with E-state index in [4.69, 9.17) is 4.74 Å². The average molecular weight is 335 g/mol. The molecule has 1 amide bonds. The van der Waals surface area contributed by atoms with Crippen LogP contribution in [0.5, 0.6) is 0 Å². The molecule has 1 unspecified atom stereocenters. The molecule has 1 N–H and O–H groups in total. The molecule has 3 rings (SSSR count). The number of carbonyl (C=O) groups is 1. The van der Waals surface area contributed by atoms with E-state index in [1.807, 2.05) is 4.90 Å². The van der Waals surface area contributed by atoms with Gasteiger partial charge >= 0.3 is 0 Å². The number of hydrogen-bond donors (Lipinski definition) is 1. The average Bonchev–Trinajstić information content (AvgIpc) is 2.64. The van der Waals surface area contributed by atoms with Crippen molar-refractivity contribution in [2.75, 3.05) is 26.3 Å². The molecular formula is C19H26FNO3. The fourth-order valence-electron chi connectivity index (χ4n) is 3.87. The molecule has 1 aromatic carbocycles. The van der Waals surface area contributed by atoms with E-state index in [2.05, 4.69) is 0 Å². The number of benzene rings is 1. The van der Waals surface area contributed by atoms with Gasteiger partial charge in [0.1, 0.15) is 11.4 Å². The third kappa shape index (κ3) is 3.95. The molecule has 1 aromatic rings. The number of carbonyl (C=O) groups excluding carboxylic acids is 1. The number of nitrogens with zero attached hydrogens (tertiary/aromatic N) is 1. The monoisotopic (exact) mass is 335 g/mol. The maximum Gasteiger partial charge on any atom is 0.225 e. The smallest absolute Gasteiger partial charge is 0.225 e. The topological polar surface area (TPSA) is 49.8 Å². The van der Waals surface area contributed by atoms with E-state index in [1.165, 1.54) is 18.6 Å². The minimum Gasteiger partial charge on any atom is -0.393 e. The summed E-state index contributed by atoms with van der Waals surface area (Å²) in [6, 6.07) is 6.23. The van der Waals surface area contributed by atoms with Crippen molar-refractivity contribution in [3.05, 3.63) is 35.6 Å². The summed E-state index contributed by atoms with van der Waals surface area (Å²) in [5, 5.41) is 9.93. The number of ether oxygens (including phenoxy) is 1. The van der Waals surface area contributed by atoms with Crippen LogP contribution in [-0.4, -0.2) is 47.8 Å². The molecular weight excluding hydrogens is 309 g/mol. The van der Waals surface area contributed by atoms with E-state index in [0.717, 1.165) is 31.2 Å². The number of rotatable bonds is 4. The maximum absolute atomic E-state index is 13.1. The second kappa shape index (κ2) is 7.62. The van der Waals surface area contributed by atoms with Crippen LogP contribution in [0.3, 0.4) is 0 Å². The first-order chi connectivity index (χ1) is 11.6. The number of hydrogen-bond acceptors (Lipinski definition) is 3. The van der Waals surface area contributed by atoms with Gasteiger partial charge in [-0.15, -0.1) is 0 Å². The van der Waals surface area contributed by atoms with Gasteiger partial charge < -0.3 is 14.7 Å². The lowest BCUT2D eigenvalue weighted by Gasteiger charge is -2.43. The molecule has 24 heavy (non-hydrogen) atoms. The fourth-order valence-corrected chi connectivity index (χ4v) is 3.87. The van der Waals surface area contributed by atoms with Crippen molar-refractivity contribution in [2.24, 2.45) is 5.92 Å². The second-order valence-electron chi connectivity index (χ2n) is 7.09. The predicted molar refractivity (Wildman–Crippen MR) is 89.0 cm³/mol. The van der Waals surface area contributed by atoms with E-state index in [-0.39, 0.29) is 24.2 Å². The highest BCUT2D eigenvalue weighted by Crippen LogP contribution is 2.29. The number of amides is 1. The van der Waals surface area contributed by atoms with Crippen molar-refractivity contribution < 1.29 is 19.0 Å². The molecule has 1 saturated carbocycles. The quantitative estimate of drug-likeness (QED) is 0.920. The highest BCUT2D eigenvalue weighted by molar-refractivity contribution is 5.79. The lowest BCUT2D eigenvalue weighted by atomic mass is 9.87. The largest absolute Gasteiger partial charge is 0.393 e. The van der Waals surface area contributed by atoms with Crippen molar-refractivity contribution >= 4 is 5.91 Å². The third-order valence-electron chi connectivity index (χ3n) is 5.24. The first-order valence-electron chi connectivity index (χ1n) is 8.90. The SMILES string of the molecule is O=C(C1CCCCC1)N1CCOC(CO)(Cc2ccc(F)cc2)C1. The molecule has 1 atom stereocenters. The molecule has 1 aliphatic heterocycles. The van der Waals surface area contributed by atoms with Gasteiger partial charge in [-0.25, -0.2) is 4.39 Å². The molecule has 0 radical (unpaired) electrons. The normalized spacial score (nSPS) is 25.7. The lowest BCUT2D eigenvalue weighted by Crippen LogP contribution is -2.57. The molecule has 1 saturated heterocycles. The molecule has 4 nitrogen and oxygen atoms in total. The van der Waals surface area contributed by atoms with E-state index in [0.29, 0.717) is 26.1 Å². The van der Waals surface area contributed by atoms with Crippen molar-refractivity contribution in [3.8, 4) is 0 Å². The van der Waals surface area contributed by atoms with Crippen LogP contribution in [0.2, 0.25) is 0 Å². The summed E-state index contributed by atoms with van der Waals surface area (Å²) in [6.07, 6.45) is 5.89. The Morgan fingerprint density at radius 3 is 2.62 bits per heavy atom. The summed E-state index contributed by atoms with van der Waals surface area (Å²) >= 11 is 0. The zero-order valence-electron chi connectivity index (χ0n) is 14.0. The molecule has 132 valence electrons. The van der Waals surface area contributed by atoms with Gasteiger partial charge in [-0.2, -0.15) is 0 Å². The van der Waals surface area contributed by atoms with E-state index >= 15 is 0 Å². The summed E-state index contributed by atoms with van der Waals surface area (Å²) in [5.74, 6) is 0.0458. The summed E-state index contributed by atoms with van der Waals surface area (Å²) in [7, 11) is 0. The van der Waals surface area contributed by atoms with E-state index < -0.39 is 5.60 Å². The minimum atomic E-state index is -0.791. The Bertz CT molecular complexity index is 556. The van der Waals surface area contributed by atoms with Gasteiger partial charge in [0, 0.05) is 18.9 Å². The minimum absolute atomic E-state index is 0.124. The molecule has 0 aromatic heterocycles. The first-order valence-corrected chi connectivity index (χ1v) is 8.90. The zero-order valence-corrected chi connectivity index (χ0v) is 14.0. The molecule has 2 aliphatic rings. The molecule has 1 aliphatic carbocycles. The Kier molecular flexibility index (Phi) is 5.51. The molecule has 2 fully saturated rings. The Morgan fingerprint density at radius 1 is 1.25 bits per heavy atom. The van der Waals surface area contributed by atoms with Gasteiger partial charge in [-0.1, -0.05) is 31.4 Å². The lowest BCUT2D eigenvalue weighted by molar-refractivity contribution is -0.162. The summed E-state index contributed by atoms with van der Waals surface area (Å²) < 4.78 is 19.0. The van der Waals surface area contributed by atoms with Crippen molar-refractivity contribution in [2.45, 2.75) is 44.1 Å². The number of halogens is 1. The third-order valence-corrected chi connectivity index (χ3v) is 5.24. The van der Waals surface area contributed by atoms with Gasteiger partial charge in [-0.05, 0) is 30.5 Å². The second-order valence-corrected chi connectivity index (χ2v) is 7.09. The van der Waals surface area contributed by atoms with Gasteiger partial charge in [0.25, 0.3) is 0 Å². The molecule has 0 spiro atoms. The van der Waals surface area contributed by atoms with Crippen molar-refractivity contribution in [3.63, 3.8) is 0 Å². The Labute approximate surface area is 142 Å². The molecule has 0 bridgehead atoms. The first kappa shape index (κ1) is 17.4. The standard InChI is InChI=1S/C19H26FNO3/c20-17-8-6-15(7-9-17)12-19(14-22)13-21(10-11-24-19)18(23)16-4-2-1-3-5-16/h6-9,16,22H,1-5,10-14H2. The van der Waals surface area contributed by atoms with Crippen LogP contribution in [0.4, 0.5) is 4.39 Å². The molecule has 5 heteroatoms. The van der Waals surface area contributed by atoms with Crippen LogP contribution in [0, 0.1) is 11.7 Å². The predicted octanol–water partition coefficient (Wildman–Crippen LogP) is 2.54. The Morgan fingerprint density at radius 2 is 1.96 bits per heavy atom. The number of aliphatic hydroxyl groups is 1. The summed E-state index contributed by atoms with van der Waals surface area (Å²) in [4.78, 5) is 14.7. The van der Waals surface area contributed by atoms with Crippen molar-refractivity contribution in [1.82, 2.24) is 4.90 Å². The van der Waals surface area contributed by atoms with Gasteiger partial charge in [0.15, 0.2) is 0 Å². The van der Waals surface area contributed by atoms with Crippen LogP contribution in [0.1, 0.15) is 37.7 Å². The van der Waals surface area contributed by atoms with Gasteiger partial charge in [-0.3, -0.25) is 4.79 Å².